The van der Waals surface area contributed by atoms with E-state index in [9.17, 15) is 14.4 Å². The summed E-state index contributed by atoms with van der Waals surface area (Å²) in [7, 11) is 2.70. The summed E-state index contributed by atoms with van der Waals surface area (Å²) >= 11 is 0. The largest absolute Gasteiger partial charge is 0.469 e. The number of anilines is 1. The third-order valence-corrected chi connectivity index (χ3v) is 5.94. The van der Waals surface area contributed by atoms with Crippen LogP contribution in [0.5, 0.6) is 0 Å². The average Bonchev–Trinajstić information content (AvgIpc) is 3.40. The number of hydrogen-bond acceptors (Lipinski definition) is 6. The number of aryl methyl sites for hydroxylation is 1. The first-order chi connectivity index (χ1) is 16.9. The summed E-state index contributed by atoms with van der Waals surface area (Å²) in [6.07, 6.45) is 5.39. The Labute approximate surface area is 203 Å². The predicted molar refractivity (Wildman–Crippen MR) is 132 cm³/mol. The minimum Gasteiger partial charge on any atom is -0.469 e. The Morgan fingerprint density at radius 2 is 1.86 bits per heavy atom. The lowest BCUT2D eigenvalue weighted by molar-refractivity contribution is -0.139. The normalized spacial score (nSPS) is 13.5. The molecule has 2 heterocycles. The lowest BCUT2D eigenvalue weighted by Gasteiger charge is -2.11. The second kappa shape index (κ2) is 10.4. The molecule has 0 fully saturated rings. The number of aromatic nitrogens is 2. The first kappa shape index (κ1) is 23.9. The molecule has 8 heteroatoms. The smallest absolute Gasteiger partial charge is 0.337 e. The number of carbonyl (C=O) groups is 3. The molecule has 0 unspecified atom stereocenters. The van der Waals surface area contributed by atoms with Crippen LogP contribution in [0.3, 0.4) is 0 Å². The highest BCUT2D eigenvalue weighted by Gasteiger charge is 2.27. The number of para-hydroxylation sites is 1. The van der Waals surface area contributed by atoms with Crippen molar-refractivity contribution in [2.75, 3.05) is 19.5 Å². The second-order valence-corrected chi connectivity index (χ2v) is 8.23. The van der Waals surface area contributed by atoms with Gasteiger partial charge < -0.3 is 19.4 Å². The zero-order chi connectivity index (χ0) is 24.9. The molecule has 1 aliphatic heterocycles. The van der Waals surface area contributed by atoms with Crippen molar-refractivity contribution in [3.05, 3.63) is 82.4 Å². The van der Waals surface area contributed by atoms with Gasteiger partial charge in [-0.1, -0.05) is 37.3 Å². The van der Waals surface area contributed by atoms with Gasteiger partial charge in [0.15, 0.2) is 0 Å². The van der Waals surface area contributed by atoms with Crippen LogP contribution in [-0.4, -0.2) is 41.6 Å². The van der Waals surface area contributed by atoms with E-state index in [1.54, 1.807) is 24.4 Å². The Morgan fingerprint density at radius 1 is 1.09 bits per heavy atom. The highest BCUT2D eigenvalue weighted by atomic mass is 16.5. The van der Waals surface area contributed by atoms with Gasteiger partial charge in [-0.25, -0.2) is 9.78 Å². The number of nitrogens with zero attached hydrogens (tertiary/aromatic N) is 2. The number of methoxy groups -OCH3 is 2. The monoisotopic (exact) mass is 473 g/mol. The Bertz CT molecular complexity index is 1300. The van der Waals surface area contributed by atoms with Crippen molar-refractivity contribution in [3.63, 3.8) is 0 Å². The zero-order valence-corrected chi connectivity index (χ0v) is 20.0. The van der Waals surface area contributed by atoms with Crippen LogP contribution < -0.4 is 5.32 Å². The molecule has 0 aliphatic carbocycles. The number of amides is 1. The molecule has 2 aromatic carbocycles. The average molecular weight is 474 g/mol. The standard InChI is InChI=1S/C27H27N3O5/c1-4-6-23-28-15-20(30(23)16-17-9-11-18(12-10-17)27(33)35-3)14-22-21-8-5-7-19(13-24(31)34-2)25(21)29-26(22)32/h5,7-12,14-15H,4,6,13,16H2,1-3H3,(H,29,32). The summed E-state index contributed by atoms with van der Waals surface area (Å²) in [4.78, 5) is 41.1. The van der Waals surface area contributed by atoms with E-state index in [1.165, 1.54) is 14.2 Å². The first-order valence-electron chi connectivity index (χ1n) is 11.4. The van der Waals surface area contributed by atoms with Crippen LogP contribution in [0.15, 0.2) is 48.7 Å². The van der Waals surface area contributed by atoms with E-state index in [4.69, 9.17) is 9.47 Å². The van der Waals surface area contributed by atoms with Gasteiger partial charge in [-0.2, -0.15) is 0 Å². The molecule has 35 heavy (non-hydrogen) atoms. The van der Waals surface area contributed by atoms with Gasteiger partial charge in [-0.15, -0.1) is 0 Å². The Morgan fingerprint density at radius 3 is 2.54 bits per heavy atom. The molecule has 0 saturated heterocycles. The SMILES string of the molecule is CCCc1ncc(C=C2C(=O)Nc3c(CC(=O)OC)cccc32)n1Cc1ccc(C(=O)OC)cc1. The van der Waals surface area contributed by atoms with E-state index >= 15 is 0 Å². The van der Waals surface area contributed by atoms with Crippen LogP contribution in [0.4, 0.5) is 5.69 Å². The van der Waals surface area contributed by atoms with Gasteiger partial charge in [0, 0.05) is 18.5 Å². The number of nitrogens with one attached hydrogen (secondary N) is 1. The van der Waals surface area contributed by atoms with Gasteiger partial charge in [0.25, 0.3) is 5.91 Å². The molecular formula is C27H27N3O5. The summed E-state index contributed by atoms with van der Waals surface area (Å²) in [6, 6.07) is 12.7. The molecule has 1 aliphatic rings. The minimum atomic E-state index is -0.381. The molecule has 1 aromatic heterocycles. The number of imidazole rings is 1. The van der Waals surface area contributed by atoms with Gasteiger partial charge in [-0.3, -0.25) is 9.59 Å². The molecule has 0 spiro atoms. The maximum absolute atomic E-state index is 12.9. The number of fused-ring (bicyclic) bond motifs is 1. The van der Waals surface area contributed by atoms with Crippen LogP contribution in [-0.2, 0) is 38.4 Å². The summed E-state index contributed by atoms with van der Waals surface area (Å²) in [5, 5.41) is 2.90. The maximum Gasteiger partial charge on any atom is 0.337 e. The van der Waals surface area contributed by atoms with Gasteiger partial charge >= 0.3 is 11.9 Å². The van der Waals surface area contributed by atoms with E-state index in [0.717, 1.165) is 35.5 Å². The molecule has 0 atom stereocenters. The van der Waals surface area contributed by atoms with Crippen LogP contribution in [0.1, 0.15) is 51.9 Å². The second-order valence-electron chi connectivity index (χ2n) is 8.23. The van der Waals surface area contributed by atoms with E-state index in [0.29, 0.717) is 28.9 Å². The molecular weight excluding hydrogens is 446 g/mol. The molecule has 0 bridgehead atoms. The Hall–Kier alpha value is -4.20. The number of rotatable bonds is 8. The van der Waals surface area contributed by atoms with Gasteiger partial charge in [-0.05, 0) is 35.8 Å². The summed E-state index contributed by atoms with van der Waals surface area (Å²) in [6.45, 7) is 2.62. The van der Waals surface area contributed by atoms with Gasteiger partial charge in [0.1, 0.15) is 5.82 Å². The molecule has 8 nitrogen and oxygen atoms in total. The van der Waals surface area contributed by atoms with E-state index in [-0.39, 0.29) is 24.3 Å². The highest BCUT2D eigenvalue weighted by molar-refractivity contribution is 6.35. The van der Waals surface area contributed by atoms with Crippen molar-refractivity contribution in [2.24, 2.45) is 0 Å². The lowest BCUT2D eigenvalue weighted by atomic mass is 10.0. The highest BCUT2D eigenvalue weighted by Crippen LogP contribution is 2.36. The zero-order valence-electron chi connectivity index (χ0n) is 20.0. The molecule has 180 valence electrons. The van der Waals surface area contributed by atoms with Crippen molar-refractivity contribution < 1.29 is 23.9 Å². The Balaban J connectivity index is 1.70. The number of ether oxygens (including phenoxy) is 2. The third kappa shape index (κ3) is 5.01. The molecule has 1 amide bonds. The molecule has 3 aromatic rings. The number of esters is 2. The van der Waals surface area contributed by atoms with Crippen molar-refractivity contribution in [3.8, 4) is 0 Å². The van der Waals surface area contributed by atoms with Crippen LogP contribution in [0.2, 0.25) is 0 Å². The fourth-order valence-electron chi connectivity index (χ4n) is 4.14. The summed E-state index contributed by atoms with van der Waals surface area (Å²) in [5.41, 5.74) is 4.86. The molecule has 4 rings (SSSR count). The van der Waals surface area contributed by atoms with E-state index in [2.05, 4.69) is 21.8 Å². The van der Waals surface area contributed by atoms with Crippen molar-refractivity contribution >= 4 is 35.2 Å². The third-order valence-electron chi connectivity index (χ3n) is 5.94. The molecule has 0 radical (unpaired) electrons. The molecule has 1 N–H and O–H groups in total. The fourth-order valence-corrected chi connectivity index (χ4v) is 4.14. The van der Waals surface area contributed by atoms with Crippen LogP contribution >= 0.6 is 0 Å². The van der Waals surface area contributed by atoms with E-state index < -0.39 is 0 Å². The number of hydrogen-bond donors (Lipinski definition) is 1. The summed E-state index contributed by atoms with van der Waals surface area (Å²) in [5.74, 6) is -0.0710. The van der Waals surface area contributed by atoms with E-state index in [1.807, 2.05) is 30.3 Å². The van der Waals surface area contributed by atoms with Crippen molar-refractivity contribution in [1.82, 2.24) is 9.55 Å². The first-order valence-corrected chi connectivity index (χ1v) is 11.4. The van der Waals surface area contributed by atoms with Crippen LogP contribution in [0.25, 0.3) is 11.6 Å². The molecule has 0 saturated carbocycles. The van der Waals surface area contributed by atoms with Crippen molar-refractivity contribution in [2.45, 2.75) is 32.7 Å². The lowest BCUT2D eigenvalue weighted by Crippen LogP contribution is -2.09. The van der Waals surface area contributed by atoms with Gasteiger partial charge in [0.05, 0.1) is 49.4 Å². The fraction of sp³-hybridized carbons (Fsp3) is 0.259. The predicted octanol–water partition coefficient (Wildman–Crippen LogP) is 3.88. The maximum atomic E-state index is 12.9. The minimum absolute atomic E-state index is 0.0768. The van der Waals surface area contributed by atoms with Crippen molar-refractivity contribution in [1.29, 1.82) is 0 Å². The quantitative estimate of drug-likeness (QED) is 0.394. The Kier molecular flexibility index (Phi) is 7.10. The number of carbonyl (C=O) groups excluding carboxylic acids is 3. The summed E-state index contributed by atoms with van der Waals surface area (Å²) < 4.78 is 11.6. The topological polar surface area (TPSA) is 99.5 Å². The number of benzene rings is 2. The van der Waals surface area contributed by atoms with Crippen LogP contribution in [0, 0.1) is 0 Å². The van der Waals surface area contributed by atoms with Gasteiger partial charge in [0.2, 0.25) is 0 Å².